The molecule has 3 amide bonds. The van der Waals surface area contributed by atoms with E-state index in [1.165, 1.54) is 26.4 Å². The number of amides is 3. The lowest BCUT2D eigenvalue weighted by Crippen LogP contribution is -2.39. The number of urea groups is 1. The van der Waals surface area contributed by atoms with Crippen LogP contribution in [0.2, 0.25) is 0 Å². The lowest BCUT2D eigenvalue weighted by atomic mass is 10.0. The molecule has 1 saturated carbocycles. The van der Waals surface area contributed by atoms with E-state index in [1.54, 1.807) is 0 Å². The van der Waals surface area contributed by atoms with Crippen LogP contribution in [-0.2, 0) is 14.3 Å². The minimum atomic E-state index is -0.980. The summed E-state index contributed by atoms with van der Waals surface area (Å²) in [6, 6.07) is 2.48. The zero-order chi connectivity index (χ0) is 17.5. The van der Waals surface area contributed by atoms with Crippen LogP contribution in [0.3, 0.4) is 0 Å². The van der Waals surface area contributed by atoms with Gasteiger partial charge in [-0.3, -0.25) is 14.5 Å². The van der Waals surface area contributed by atoms with Gasteiger partial charge >= 0.3 is 12.0 Å². The summed E-state index contributed by atoms with van der Waals surface area (Å²) in [7, 11) is 2.61. The molecular formula is C16H17FN2O5. The van der Waals surface area contributed by atoms with Crippen molar-refractivity contribution < 1.29 is 28.2 Å². The van der Waals surface area contributed by atoms with Crippen LogP contribution in [0.1, 0.15) is 24.4 Å². The fraction of sp³-hybridized carbons (Fsp3) is 0.438. The molecule has 1 aromatic carbocycles. The molecular weight excluding hydrogens is 319 g/mol. The van der Waals surface area contributed by atoms with Gasteiger partial charge in [-0.1, -0.05) is 6.07 Å². The third-order valence-corrected chi connectivity index (χ3v) is 4.47. The molecule has 0 spiro atoms. The number of esters is 1. The molecule has 2 fully saturated rings. The van der Waals surface area contributed by atoms with Gasteiger partial charge in [0.05, 0.1) is 19.6 Å². The van der Waals surface area contributed by atoms with Crippen molar-refractivity contribution in [2.45, 2.75) is 18.9 Å². The fourth-order valence-corrected chi connectivity index (χ4v) is 2.85. The predicted octanol–water partition coefficient (Wildman–Crippen LogP) is 1.38. The molecule has 1 aliphatic heterocycles. The average molecular weight is 336 g/mol. The van der Waals surface area contributed by atoms with Crippen molar-refractivity contribution in [2.75, 3.05) is 20.8 Å². The van der Waals surface area contributed by atoms with E-state index < -0.39 is 35.2 Å². The number of benzene rings is 1. The van der Waals surface area contributed by atoms with Gasteiger partial charge in [-0.15, -0.1) is 0 Å². The van der Waals surface area contributed by atoms with E-state index in [2.05, 4.69) is 5.32 Å². The van der Waals surface area contributed by atoms with Gasteiger partial charge in [-0.2, -0.15) is 0 Å². The number of halogens is 1. The minimum Gasteiger partial charge on any atom is -0.494 e. The molecule has 128 valence electrons. The summed E-state index contributed by atoms with van der Waals surface area (Å²) >= 11 is 0. The highest BCUT2D eigenvalue weighted by Crippen LogP contribution is 2.48. The Morgan fingerprint density at radius 3 is 2.62 bits per heavy atom. The highest BCUT2D eigenvalue weighted by atomic mass is 19.1. The van der Waals surface area contributed by atoms with Gasteiger partial charge < -0.3 is 14.8 Å². The molecule has 1 aromatic rings. The van der Waals surface area contributed by atoms with Crippen molar-refractivity contribution in [3.05, 3.63) is 29.6 Å². The van der Waals surface area contributed by atoms with Crippen LogP contribution in [-0.4, -0.2) is 43.6 Å². The maximum Gasteiger partial charge on any atom is 0.325 e. The molecule has 1 unspecified atom stereocenters. The summed E-state index contributed by atoms with van der Waals surface area (Å²) in [6.45, 7) is -0.0283. The van der Waals surface area contributed by atoms with Gasteiger partial charge in [0.2, 0.25) is 0 Å². The van der Waals surface area contributed by atoms with E-state index in [4.69, 9.17) is 9.47 Å². The van der Waals surface area contributed by atoms with E-state index in [9.17, 15) is 18.8 Å². The molecule has 1 atom stereocenters. The second kappa shape index (κ2) is 5.77. The van der Waals surface area contributed by atoms with E-state index in [1.807, 2.05) is 0 Å². The maximum absolute atomic E-state index is 13.8. The minimum absolute atomic E-state index is 0.0283. The summed E-state index contributed by atoms with van der Waals surface area (Å²) in [5.41, 5.74) is -0.487. The number of rotatable bonds is 5. The molecule has 1 aliphatic carbocycles. The van der Waals surface area contributed by atoms with Crippen molar-refractivity contribution in [3.8, 4) is 5.75 Å². The van der Waals surface area contributed by atoms with E-state index in [0.717, 1.165) is 11.0 Å². The molecule has 0 bridgehead atoms. The monoisotopic (exact) mass is 336 g/mol. The summed E-state index contributed by atoms with van der Waals surface area (Å²) in [4.78, 5) is 37.5. The summed E-state index contributed by atoms with van der Waals surface area (Å²) in [6.07, 6.45) is 1.14. The van der Waals surface area contributed by atoms with Gasteiger partial charge in [0.15, 0.2) is 11.6 Å². The molecule has 2 aliphatic rings. The zero-order valence-electron chi connectivity index (χ0n) is 13.3. The number of hydrogen-bond donors (Lipinski definition) is 1. The highest BCUT2D eigenvalue weighted by molar-refractivity contribution is 6.05. The molecule has 0 aromatic heterocycles. The molecule has 1 N–H and O–H groups in total. The Labute approximate surface area is 137 Å². The number of imide groups is 1. The lowest BCUT2D eigenvalue weighted by molar-refractivity contribution is -0.148. The Kier molecular flexibility index (Phi) is 3.90. The van der Waals surface area contributed by atoms with Crippen molar-refractivity contribution >= 4 is 17.9 Å². The van der Waals surface area contributed by atoms with Crippen LogP contribution in [0.5, 0.6) is 5.75 Å². The Morgan fingerprint density at radius 2 is 2.08 bits per heavy atom. The Hall–Kier alpha value is -2.64. The van der Waals surface area contributed by atoms with E-state index in [-0.39, 0.29) is 12.3 Å². The number of nitrogens with one attached hydrogen (secondary N) is 1. The largest absolute Gasteiger partial charge is 0.494 e. The van der Waals surface area contributed by atoms with Crippen LogP contribution in [0.15, 0.2) is 18.2 Å². The number of carbonyl (C=O) groups excluding carboxylic acids is 3. The Balaban J connectivity index is 1.79. The molecule has 1 saturated heterocycles. The molecule has 24 heavy (non-hydrogen) atoms. The molecule has 1 heterocycles. The predicted molar refractivity (Wildman–Crippen MR) is 79.6 cm³/mol. The van der Waals surface area contributed by atoms with Crippen molar-refractivity contribution in [2.24, 2.45) is 5.41 Å². The van der Waals surface area contributed by atoms with Crippen molar-refractivity contribution in [1.82, 2.24) is 10.2 Å². The molecule has 0 radical (unpaired) electrons. The number of ether oxygens (including phenoxy) is 2. The van der Waals surface area contributed by atoms with Crippen LogP contribution in [0.4, 0.5) is 9.18 Å². The first kappa shape index (κ1) is 16.2. The molecule has 8 heteroatoms. The number of carbonyl (C=O) groups is 3. The number of nitrogens with zero attached hydrogens (tertiary/aromatic N) is 1. The van der Waals surface area contributed by atoms with Crippen molar-refractivity contribution in [1.29, 1.82) is 0 Å². The summed E-state index contributed by atoms with van der Waals surface area (Å²) in [5, 5.41) is 2.52. The first-order chi connectivity index (χ1) is 11.4. The van der Waals surface area contributed by atoms with E-state index in [0.29, 0.717) is 18.4 Å². The second-order valence-corrected chi connectivity index (χ2v) is 5.97. The quantitative estimate of drug-likeness (QED) is 0.649. The van der Waals surface area contributed by atoms with Crippen LogP contribution in [0.25, 0.3) is 0 Å². The topological polar surface area (TPSA) is 84.9 Å². The first-order valence-electron chi connectivity index (χ1n) is 7.45. The van der Waals surface area contributed by atoms with Gasteiger partial charge in [-0.25, -0.2) is 9.18 Å². The zero-order valence-corrected chi connectivity index (χ0v) is 13.3. The third-order valence-electron chi connectivity index (χ3n) is 4.47. The second-order valence-electron chi connectivity index (χ2n) is 5.97. The molecule has 7 nitrogen and oxygen atoms in total. The first-order valence-corrected chi connectivity index (χ1v) is 7.45. The van der Waals surface area contributed by atoms with Gasteiger partial charge in [0, 0.05) is 6.54 Å². The SMILES string of the molecule is COC(=O)C1(CN2C(=O)NC(c3ccc(OC)c(F)c3)C2=O)CC1. The van der Waals surface area contributed by atoms with E-state index >= 15 is 0 Å². The van der Waals surface area contributed by atoms with Gasteiger partial charge in [0.1, 0.15) is 6.04 Å². The lowest BCUT2D eigenvalue weighted by Gasteiger charge is -2.19. The Morgan fingerprint density at radius 1 is 1.38 bits per heavy atom. The smallest absolute Gasteiger partial charge is 0.325 e. The highest BCUT2D eigenvalue weighted by Gasteiger charge is 2.55. The number of hydrogen-bond acceptors (Lipinski definition) is 5. The standard InChI is InChI=1S/C16H17FN2O5/c1-23-11-4-3-9(7-10(11)17)12-13(20)19(15(22)18-12)8-16(5-6-16)14(21)24-2/h3-4,7,12H,5-6,8H2,1-2H3,(H,18,22). The van der Waals surface area contributed by atoms with Crippen LogP contribution in [0, 0.1) is 11.2 Å². The summed E-state index contributed by atoms with van der Waals surface area (Å²) in [5.74, 6) is -1.51. The van der Waals surface area contributed by atoms with Crippen LogP contribution >= 0.6 is 0 Å². The Bertz CT molecular complexity index is 716. The van der Waals surface area contributed by atoms with Crippen LogP contribution < -0.4 is 10.1 Å². The average Bonchev–Trinajstić information content (AvgIpc) is 3.31. The summed E-state index contributed by atoms with van der Waals surface area (Å²) < 4.78 is 23.4. The third kappa shape index (κ3) is 2.57. The van der Waals surface area contributed by atoms with Gasteiger partial charge in [-0.05, 0) is 30.5 Å². The normalized spacial score (nSPS) is 21.5. The molecule has 3 rings (SSSR count). The van der Waals surface area contributed by atoms with Crippen molar-refractivity contribution in [3.63, 3.8) is 0 Å². The number of methoxy groups -OCH3 is 2. The fourth-order valence-electron chi connectivity index (χ4n) is 2.85. The van der Waals surface area contributed by atoms with Gasteiger partial charge in [0.25, 0.3) is 5.91 Å². The maximum atomic E-state index is 13.8.